The summed E-state index contributed by atoms with van der Waals surface area (Å²) in [5, 5.41) is 3.34. The van der Waals surface area contributed by atoms with E-state index >= 15 is 0 Å². The van der Waals surface area contributed by atoms with Crippen LogP contribution in [0.5, 0.6) is 0 Å². The lowest BCUT2D eigenvalue weighted by Gasteiger charge is -2.15. The van der Waals surface area contributed by atoms with Crippen LogP contribution in [0, 0.1) is 10.5 Å². The van der Waals surface area contributed by atoms with Crippen molar-refractivity contribution in [3.8, 4) is 11.4 Å². The number of halogens is 2. The van der Waals surface area contributed by atoms with Crippen LogP contribution in [0.25, 0.3) is 11.4 Å². The summed E-state index contributed by atoms with van der Waals surface area (Å²) in [6.45, 7) is 9.32. The van der Waals surface area contributed by atoms with Crippen molar-refractivity contribution in [1.82, 2.24) is 9.97 Å². The Labute approximate surface area is 148 Å². The molecule has 1 heterocycles. The van der Waals surface area contributed by atoms with Gasteiger partial charge < -0.3 is 5.32 Å². The number of benzene rings is 1. The van der Waals surface area contributed by atoms with E-state index in [1.165, 1.54) is 5.56 Å². The molecule has 5 heteroatoms. The maximum atomic E-state index is 4.79. The van der Waals surface area contributed by atoms with Crippen LogP contribution >= 0.6 is 38.5 Å². The smallest absolute Gasteiger partial charge is 0.162 e. The third-order valence-corrected chi connectivity index (χ3v) is 4.85. The minimum atomic E-state index is 0.361. The third kappa shape index (κ3) is 3.74. The van der Waals surface area contributed by atoms with Crippen molar-refractivity contribution in [3.63, 3.8) is 0 Å². The van der Waals surface area contributed by atoms with Crippen molar-refractivity contribution < 1.29 is 0 Å². The number of rotatable bonds is 4. The maximum absolute atomic E-state index is 4.79. The van der Waals surface area contributed by atoms with Crippen molar-refractivity contribution >= 4 is 44.3 Å². The molecule has 0 fully saturated rings. The quantitative estimate of drug-likeness (QED) is 0.624. The normalized spacial score (nSPS) is 11.0. The highest BCUT2D eigenvalue weighted by Gasteiger charge is 2.16. The van der Waals surface area contributed by atoms with Crippen LogP contribution in [-0.4, -0.2) is 16.5 Å². The maximum Gasteiger partial charge on any atom is 0.162 e. The van der Waals surface area contributed by atoms with E-state index in [1.807, 2.05) is 0 Å². The van der Waals surface area contributed by atoms with Crippen molar-refractivity contribution in [2.75, 3.05) is 11.9 Å². The first kappa shape index (κ1) is 16.7. The van der Waals surface area contributed by atoms with Gasteiger partial charge in [0.05, 0.1) is 9.26 Å². The molecule has 1 N–H and O–H groups in total. The molecule has 0 saturated heterocycles. The van der Waals surface area contributed by atoms with Crippen LogP contribution in [0.1, 0.15) is 37.9 Å². The van der Waals surface area contributed by atoms with Crippen LogP contribution in [0.15, 0.2) is 22.7 Å². The van der Waals surface area contributed by atoms with Gasteiger partial charge in [0.25, 0.3) is 0 Å². The first-order chi connectivity index (χ1) is 9.93. The van der Waals surface area contributed by atoms with E-state index in [2.05, 4.69) is 89.7 Å². The Bertz CT molecular complexity index is 656. The van der Waals surface area contributed by atoms with Gasteiger partial charge in [0, 0.05) is 16.6 Å². The van der Waals surface area contributed by atoms with E-state index in [0.717, 1.165) is 37.5 Å². The Morgan fingerprint density at radius 3 is 2.57 bits per heavy atom. The van der Waals surface area contributed by atoms with Gasteiger partial charge in [-0.2, -0.15) is 0 Å². The summed E-state index contributed by atoms with van der Waals surface area (Å²) in [4.78, 5) is 9.49. The fourth-order valence-electron chi connectivity index (χ4n) is 2.05. The highest BCUT2D eigenvalue weighted by Crippen LogP contribution is 2.31. The molecule has 112 valence electrons. The number of nitrogens with one attached hydrogen (secondary N) is 1. The lowest BCUT2D eigenvalue weighted by atomic mass is 10.1. The monoisotopic (exact) mass is 459 g/mol. The molecule has 2 aromatic rings. The molecule has 0 bridgehead atoms. The van der Waals surface area contributed by atoms with E-state index < -0.39 is 0 Å². The minimum Gasteiger partial charge on any atom is -0.369 e. The summed E-state index contributed by atoms with van der Waals surface area (Å²) in [5.41, 5.74) is 3.33. The molecule has 1 aromatic heterocycles. The molecule has 3 nitrogen and oxygen atoms in total. The van der Waals surface area contributed by atoms with Crippen molar-refractivity contribution in [3.05, 3.63) is 37.5 Å². The molecule has 0 aliphatic rings. The SMILES string of the molecule is CCNc1nc(-c2ccc(C)cc2Br)nc(C(C)C)c1I. The average molecular weight is 460 g/mol. The lowest BCUT2D eigenvalue weighted by Crippen LogP contribution is -2.09. The molecule has 2 rings (SSSR count). The van der Waals surface area contributed by atoms with Gasteiger partial charge in [-0.15, -0.1) is 0 Å². The number of nitrogens with zero attached hydrogens (tertiary/aromatic N) is 2. The summed E-state index contributed by atoms with van der Waals surface area (Å²) in [6, 6.07) is 6.25. The molecule has 0 aliphatic carbocycles. The fraction of sp³-hybridized carbons (Fsp3) is 0.375. The minimum absolute atomic E-state index is 0.361. The van der Waals surface area contributed by atoms with Gasteiger partial charge >= 0.3 is 0 Å². The molecular formula is C16H19BrIN3. The van der Waals surface area contributed by atoms with Crippen molar-refractivity contribution in [1.29, 1.82) is 0 Å². The second-order valence-corrected chi connectivity index (χ2v) is 7.20. The second kappa shape index (κ2) is 7.05. The fourth-order valence-corrected chi connectivity index (χ4v) is 3.78. The predicted molar refractivity (Wildman–Crippen MR) is 101 cm³/mol. The zero-order valence-corrected chi connectivity index (χ0v) is 16.4. The molecule has 1 aromatic carbocycles. The van der Waals surface area contributed by atoms with E-state index in [9.17, 15) is 0 Å². The standard InChI is InChI=1S/C16H19BrIN3/c1-5-19-16-13(18)14(9(2)3)20-15(21-16)11-7-6-10(4)8-12(11)17/h6-9H,5H2,1-4H3,(H,19,20,21). The number of hydrogen-bond donors (Lipinski definition) is 1. The van der Waals surface area contributed by atoms with Gasteiger partial charge in [0.15, 0.2) is 5.82 Å². The summed E-state index contributed by atoms with van der Waals surface area (Å²) in [5.74, 6) is 2.04. The van der Waals surface area contributed by atoms with Crippen molar-refractivity contribution in [2.45, 2.75) is 33.6 Å². The van der Waals surface area contributed by atoms with Gasteiger partial charge in [0.2, 0.25) is 0 Å². The Morgan fingerprint density at radius 1 is 1.29 bits per heavy atom. The molecule has 0 atom stereocenters. The van der Waals surface area contributed by atoms with Crippen LogP contribution in [-0.2, 0) is 0 Å². The highest BCUT2D eigenvalue weighted by molar-refractivity contribution is 14.1. The van der Waals surface area contributed by atoms with Gasteiger partial charge in [-0.25, -0.2) is 9.97 Å². The van der Waals surface area contributed by atoms with Gasteiger partial charge in [-0.05, 0) is 60.1 Å². The van der Waals surface area contributed by atoms with Crippen LogP contribution in [0.2, 0.25) is 0 Å². The van der Waals surface area contributed by atoms with Gasteiger partial charge in [0.1, 0.15) is 5.82 Å². The largest absolute Gasteiger partial charge is 0.369 e. The summed E-state index contributed by atoms with van der Waals surface area (Å²) < 4.78 is 2.14. The zero-order chi connectivity index (χ0) is 15.6. The van der Waals surface area contributed by atoms with Gasteiger partial charge in [-0.1, -0.05) is 35.8 Å². The Morgan fingerprint density at radius 2 is 2.00 bits per heavy atom. The predicted octanol–water partition coefficient (Wildman–Crippen LogP) is 5.37. The van der Waals surface area contributed by atoms with Crippen LogP contribution in [0.3, 0.4) is 0 Å². The van der Waals surface area contributed by atoms with E-state index in [-0.39, 0.29) is 0 Å². The second-order valence-electron chi connectivity index (χ2n) is 5.26. The molecule has 0 spiro atoms. The molecule has 0 saturated carbocycles. The van der Waals surface area contributed by atoms with Crippen LogP contribution < -0.4 is 5.32 Å². The average Bonchev–Trinajstić information content (AvgIpc) is 2.41. The third-order valence-electron chi connectivity index (χ3n) is 3.13. The lowest BCUT2D eigenvalue weighted by molar-refractivity contribution is 0.808. The zero-order valence-electron chi connectivity index (χ0n) is 12.7. The number of aryl methyl sites for hydroxylation is 1. The molecule has 0 aliphatic heterocycles. The molecule has 0 unspecified atom stereocenters. The van der Waals surface area contributed by atoms with E-state index in [1.54, 1.807) is 0 Å². The topological polar surface area (TPSA) is 37.8 Å². The van der Waals surface area contributed by atoms with E-state index in [0.29, 0.717) is 5.92 Å². The molecule has 21 heavy (non-hydrogen) atoms. The Hall–Kier alpha value is -0.690. The Balaban J connectivity index is 2.62. The molecule has 0 amide bonds. The first-order valence-corrected chi connectivity index (χ1v) is 8.89. The number of anilines is 1. The first-order valence-electron chi connectivity index (χ1n) is 7.01. The summed E-state index contributed by atoms with van der Waals surface area (Å²) in [6.07, 6.45) is 0. The number of aromatic nitrogens is 2. The molecule has 0 radical (unpaired) electrons. The Kier molecular flexibility index (Phi) is 5.60. The van der Waals surface area contributed by atoms with Crippen LogP contribution in [0.4, 0.5) is 5.82 Å². The van der Waals surface area contributed by atoms with Gasteiger partial charge in [-0.3, -0.25) is 0 Å². The highest BCUT2D eigenvalue weighted by atomic mass is 127. The number of hydrogen-bond acceptors (Lipinski definition) is 3. The van der Waals surface area contributed by atoms with E-state index in [4.69, 9.17) is 9.97 Å². The van der Waals surface area contributed by atoms with Crippen molar-refractivity contribution in [2.24, 2.45) is 0 Å². The summed E-state index contributed by atoms with van der Waals surface area (Å²) in [7, 11) is 0. The summed E-state index contributed by atoms with van der Waals surface area (Å²) >= 11 is 5.96. The molecular weight excluding hydrogens is 441 g/mol.